The first kappa shape index (κ1) is 13.1. The number of nitrogens with zero attached hydrogens (tertiary/aromatic N) is 1. The number of rotatable bonds is 4. The van der Waals surface area contributed by atoms with Crippen LogP contribution in [0.1, 0.15) is 27.9 Å². The summed E-state index contributed by atoms with van der Waals surface area (Å²) in [5.41, 5.74) is 1.75. The van der Waals surface area contributed by atoms with Crippen LogP contribution in [0.25, 0.3) is 0 Å². The summed E-state index contributed by atoms with van der Waals surface area (Å²) in [6.45, 7) is 0. The highest BCUT2D eigenvalue weighted by atomic mass is 16.3. The van der Waals surface area contributed by atoms with Crippen molar-refractivity contribution in [2.24, 2.45) is 0 Å². The molecule has 3 rings (SSSR count). The van der Waals surface area contributed by atoms with Crippen molar-refractivity contribution in [1.82, 2.24) is 10.3 Å². The number of amides is 1. The van der Waals surface area contributed by atoms with Crippen molar-refractivity contribution in [3.8, 4) is 0 Å². The Balaban J connectivity index is 1.92. The molecule has 2 heterocycles. The lowest BCUT2D eigenvalue weighted by atomic mass is 10.0. The number of hydrogen-bond acceptors (Lipinski definition) is 3. The van der Waals surface area contributed by atoms with Crippen LogP contribution >= 0.6 is 0 Å². The molecule has 0 unspecified atom stereocenters. The molecule has 0 aliphatic heterocycles. The number of carbonyl (C=O) groups is 1. The molecule has 21 heavy (non-hydrogen) atoms. The molecule has 1 atom stereocenters. The van der Waals surface area contributed by atoms with Crippen LogP contribution in [-0.4, -0.2) is 10.9 Å². The van der Waals surface area contributed by atoms with E-state index >= 15 is 0 Å². The Morgan fingerprint density at radius 2 is 1.81 bits per heavy atom. The molecule has 0 saturated carbocycles. The summed E-state index contributed by atoms with van der Waals surface area (Å²) < 4.78 is 5.14. The van der Waals surface area contributed by atoms with Gasteiger partial charge in [0.2, 0.25) is 0 Å². The molecule has 2 aromatic heterocycles. The summed E-state index contributed by atoms with van der Waals surface area (Å²) >= 11 is 0. The molecule has 0 radical (unpaired) electrons. The van der Waals surface area contributed by atoms with Crippen molar-refractivity contribution in [2.75, 3.05) is 0 Å². The maximum atomic E-state index is 12.2. The summed E-state index contributed by atoms with van der Waals surface area (Å²) in [5, 5.41) is 2.96. The Morgan fingerprint density at radius 3 is 2.48 bits per heavy atom. The quantitative estimate of drug-likeness (QED) is 0.797. The van der Waals surface area contributed by atoms with Gasteiger partial charge in [0, 0.05) is 6.20 Å². The van der Waals surface area contributed by atoms with Crippen LogP contribution in [0.3, 0.4) is 0 Å². The van der Waals surface area contributed by atoms with Crippen molar-refractivity contribution in [1.29, 1.82) is 0 Å². The van der Waals surface area contributed by atoms with Crippen molar-refractivity contribution in [3.05, 3.63) is 90.1 Å². The van der Waals surface area contributed by atoms with E-state index in [1.807, 2.05) is 48.5 Å². The molecule has 104 valence electrons. The van der Waals surface area contributed by atoms with E-state index in [9.17, 15) is 4.79 Å². The highest BCUT2D eigenvalue weighted by Gasteiger charge is 2.19. The van der Waals surface area contributed by atoms with Crippen LogP contribution in [0.5, 0.6) is 0 Å². The Kier molecular flexibility index (Phi) is 3.78. The number of aromatic nitrogens is 1. The van der Waals surface area contributed by atoms with Gasteiger partial charge in [-0.1, -0.05) is 36.4 Å². The highest BCUT2D eigenvalue weighted by Crippen LogP contribution is 2.20. The van der Waals surface area contributed by atoms with E-state index in [1.165, 1.54) is 6.26 Å². The van der Waals surface area contributed by atoms with E-state index in [2.05, 4.69) is 10.3 Å². The maximum absolute atomic E-state index is 12.2. The third kappa shape index (κ3) is 3.00. The Morgan fingerprint density at radius 1 is 1.00 bits per heavy atom. The molecule has 1 amide bonds. The predicted octanol–water partition coefficient (Wildman–Crippen LogP) is 3.19. The van der Waals surface area contributed by atoms with E-state index in [4.69, 9.17) is 4.42 Å². The first-order valence-electron chi connectivity index (χ1n) is 6.65. The highest BCUT2D eigenvalue weighted by molar-refractivity contribution is 5.91. The van der Waals surface area contributed by atoms with Gasteiger partial charge in [-0.2, -0.15) is 0 Å². The minimum Gasteiger partial charge on any atom is -0.459 e. The SMILES string of the molecule is O=C(N[C@H](c1ccccc1)c1ccccn1)c1ccco1. The minimum atomic E-state index is -0.315. The zero-order valence-electron chi connectivity index (χ0n) is 11.3. The number of benzene rings is 1. The number of pyridine rings is 1. The zero-order valence-corrected chi connectivity index (χ0v) is 11.3. The van der Waals surface area contributed by atoms with E-state index < -0.39 is 0 Å². The molecular formula is C17H14N2O2. The number of nitrogens with one attached hydrogen (secondary N) is 1. The molecule has 0 bridgehead atoms. The lowest BCUT2D eigenvalue weighted by Gasteiger charge is -2.18. The van der Waals surface area contributed by atoms with Crippen molar-refractivity contribution in [3.63, 3.8) is 0 Å². The predicted molar refractivity (Wildman–Crippen MR) is 78.7 cm³/mol. The summed E-state index contributed by atoms with van der Waals surface area (Å²) in [6.07, 6.45) is 3.19. The van der Waals surface area contributed by atoms with Crippen molar-refractivity contribution >= 4 is 5.91 Å². The average molecular weight is 278 g/mol. The van der Waals surface area contributed by atoms with Gasteiger partial charge in [-0.3, -0.25) is 9.78 Å². The first-order chi connectivity index (χ1) is 10.3. The average Bonchev–Trinajstić information content (AvgIpc) is 3.09. The van der Waals surface area contributed by atoms with Gasteiger partial charge in [0.15, 0.2) is 5.76 Å². The van der Waals surface area contributed by atoms with Gasteiger partial charge in [0.1, 0.15) is 0 Å². The molecule has 0 spiro atoms. The van der Waals surface area contributed by atoms with Gasteiger partial charge < -0.3 is 9.73 Å². The fraction of sp³-hybridized carbons (Fsp3) is 0.0588. The fourth-order valence-corrected chi connectivity index (χ4v) is 2.13. The Bertz CT molecular complexity index is 655. The van der Waals surface area contributed by atoms with Crippen LogP contribution in [-0.2, 0) is 0 Å². The van der Waals surface area contributed by atoms with Crippen molar-refractivity contribution < 1.29 is 9.21 Å². The first-order valence-corrected chi connectivity index (χ1v) is 6.65. The van der Waals surface area contributed by atoms with Gasteiger partial charge in [0.05, 0.1) is 18.0 Å². The number of furan rings is 1. The molecule has 0 fully saturated rings. The smallest absolute Gasteiger partial charge is 0.287 e. The molecule has 0 aliphatic rings. The topological polar surface area (TPSA) is 55.1 Å². The second-order valence-electron chi connectivity index (χ2n) is 4.55. The summed E-state index contributed by atoms with van der Waals surface area (Å²) in [5.74, 6) is 0.0198. The van der Waals surface area contributed by atoms with Crippen LogP contribution in [0.15, 0.2) is 77.5 Å². The number of hydrogen-bond donors (Lipinski definition) is 1. The summed E-state index contributed by atoms with van der Waals surface area (Å²) in [7, 11) is 0. The van der Waals surface area contributed by atoms with Crippen LogP contribution < -0.4 is 5.32 Å². The Labute approximate surface area is 122 Å². The van der Waals surface area contributed by atoms with Gasteiger partial charge >= 0.3 is 0 Å². The summed E-state index contributed by atoms with van der Waals surface area (Å²) in [4.78, 5) is 16.6. The molecule has 0 saturated heterocycles. The fourth-order valence-electron chi connectivity index (χ4n) is 2.13. The van der Waals surface area contributed by atoms with Gasteiger partial charge in [-0.05, 0) is 29.8 Å². The second kappa shape index (κ2) is 6.05. The lowest BCUT2D eigenvalue weighted by molar-refractivity contribution is 0.0914. The van der Waals surface area contributed by atoms with Gasteiger partial charge in [-0.25, -0.2) is 0 Å². The molecule has 4 heteroatoms. The van der Waals surface area contributed by atoms with Crippen LogP contribution in [0.2, 0.25) is 0 Å². The Hall–Kier alpha value is -2.88. The number of carbonyl (C=O) groups excluding carboxylic acids is 1. The molecule has 1 aromatic carbocycles. The van der Waals surface area contributed by atoms with E-state index in [1.54, 1.807) is 18.3 Å². The van der Waals surface area contributed by atoms with E-state index in [0.717, 1.165) is 11.3 Å². The summed E-state index contributed by atoms with van der Waals surface area (Å²) in [6, 6.07) is 18.4. The van der Waals surface area contributed by atoms with Gasteiger partial charge in [0.25, 0.3) is 5.91 Å². The third-order valence-electron chi connectivity index (χ3n) is 3.14. The molecule has 0 aliphatic carbocycles. The van der Waals surface area contributed by atoms with Crippen LogP contribution in [0.4, 0.5) is 0 Å². The molecule has 3 aromatic rings. The lowest BCUT2D eigenvalue weighted by Crippen LogP contribution is -2.29. The van der Waals surface area contributed by atoms with Gasteiger partial charge in [-0.15, -0.1) is 0 Å². The largest absolute Gasteiger partial charge is 0.459 e. The van der Waals surface area contributed by atoms with E-state index in [-0.39, 0.29) is 17.7 Å². The zero-order chi connectivity index (χ0) is 14.5. The maximum Gasteiger partial charge on any atom is 0.287 e. The van der Waals surface area contributed by atoms with E-state index in [0.29, 0.717) is 0 Å². The minimum absolute atomic E-state index is 0.264. The molecule has 1 N–H and O–H groups in total. The third-order valence-corrected chi connectivity index (χ3v) is 3.14. The standard InChI is InChI=1S/C17H14N2O2/c20-17(15-10-6-12-21-15)19-16(13-7-2-1-3-8-13)14-9-4-5-11-18-14/h1-12,16H,(H,19,20)/t16-/m1/s1. The molecule has 4 nitrogen and oxygen atoms in total. The van der Waals surface area contributed by atoms with Crippen LogP contribution in [0, 0.1) is 0 Å². The van der Waals surface area contributed by atoms with Crippen molar-refractivity contribution in [2.45, 2.75) is 6.04 Å². The second-order valence-corrected chi connectivity index (χ2v) is 4.55. The molecular weight excluding hydrogens is 264 g/mol. The monoisotopic (exact) mass is 278 g/mol. The normalized spacial score (nSPS) is 11.8.